The van der Waals surface area contributed by atoms with E-state index in [0.717, 1.165) is 35.4 Å². The minimum absolute atomic E-state index is 0. The lowest BCUT2D eigenvalue weighted by Crippen LogP contribution is -2.42. The number of rotatable bonds is 3. The second-order valence-corrected chi connectivity index (χ2v) is 6.75. The molecule has 1 amide bonds. The summed E-state index contributed by atoms with van der Waals surface area (Å²) in [5, 5.41) is 5.12. The standard InChI is InChI=1S/C12H17BrN2OS.ClH/c1-14-6-9-3-2-4-15(7-9)12(16)10-5-11(13)17-8-10;/h5,8-9,14H,2-4,6-7H2,1H3;1H. The second kappa shape index (κ2) is 7.48. The van der Waals surface area contributed by atoms with Crippen molar-refractivity contribution >= 4 is 45.6 Å². The highest BCUT2D eigenvalue weighted by molar-refractivity contribution is 9.11. The Hall–Kier alpha value is -0.100. The zero-order valence-electron chi connectivity index (χ0n) is 10.3. The molecule has 0 bridgehead atoms. The van der Waals surface area contributed by atoms with Gasteiger partial charge in [0.2, 0.25) is 0 Å². The molecule has 18 heavy (non-hydrogen) atoms. The van der Waals surface area contributed by atoms with Crippen molar-refractivity contribution in [3.63, 3.8) is 0 Å². The molecule has 1 aromatic heterocycles. The summed E-state index contributed by atoms with van der Waals surface area (Å²) in [4.78, 5) is 14.2. The van der Waals surface area contributed by atoms with Gasteiger partial charge in [-0.1, -0.05) is 0 Å². The fourth-order valence-electron chi connectivity index (χ4n) is 2.31. The van der Waals surface area contributed by atoms with Gasteiger partial charge in [0.1, 0.15) is 0 Å². The van der Waals surface area contributed by atoms with Crippen LogP contribution in [-0.2, 0) is 0 Å². The Morgan fingerprint density at radius 3 is 3.06 bits per heavy atom. The summed E-state index contributed by atoms with van der Waals surface area (Å²) in [6.45, 7) is 2.77. The van der Waals surface area contributed by atoms with Crippen molar-refractivity contribution < 1.29 is 4.79 Å². The van der Waals surface area contributed by atoms with Crippen molar-refractivity contribution in [2.75, 3.05) is 26.7 Å². The molecule has 0 aliphatic carbocycles. The van der Waals surface area contributed by atoms with Gasteiger partial charge in [-0.2, -0.15) is 0 Å². The maximum absolute atomic E-state index is 12.3. The van der Waals surface area contributed by atoms with Crippen molar-refractivity contribution in [1.82, 2.24) is 10.2 Å². The minimum atomic E-state index is 0. The van der Waals surface area contributed by atoms with Crippen molar-refractivity contribution in [3.8, 4) is 0 Å². The molecular weight excluding hydrogens is 336 g/mol. The number of carbonyl (C=O) groups is 1. The molecular formula is C12H18BrClN2OS. The Bertz CT molecular complexity index is 397. The highest BCUT2D eigenvalue weighted by Crippen LogP contribution is 2.24. The van der Waals surface area contributed by atoms with Gasteiger partial charge in [0.25, 0.3) is 5.91 Å². The lowest BCUT2D eigenvalue weighted by molar-refractivity contribution is 0.0675. The number of likely N-dealkylation sites (tertiary alicyclic amines) is 1. The van der Waals surface area contributed by atoms with Gasteiger partial charge in [0.15, 0.2) is 0 Å². The molecule has 0 radical (unpaired) electrons. The van der Waals surface area contributed by atoms with Crippen molar-refractivity contribution in [2.45, 2.75) is 12.8 Å². The Morgan fingerprint density at radius 1 is 1.67 bits per heavy atom. The second-order valence-electron chi connectivity index (χ2n) is 4.46. The topological polar surface area (TPSA) is 32.3 Å². The first kappa shape index (κ1) is 16.0. The average Bonchev–Trinajstić information content (AvgIpc) is 2.76. The molecule has 1 aliphatic heterocycles. The molecule has 1 N–H and O–H groups in total. The van der Waals surface area contributed by atoms with E-state index in [4.69, 9.17) is 0 Å². The van der Waals surface area contributed by atoms with Gasteiger partial charge in [0, 0.05) is 18.5 Å². The predicted octanol–water partition coefficient (Wildman–Crippen LogP) is 3.00. The Kier molecular flexibility index (Phi) is 6.63. The third kappa shape index (κ3) is 3.95. The highest BCUT2D eigenvalue weighted by Gasteiger charge is 2.24. The van der Waals surface area contributed by atoms with Gasteiger partial charge in [-0.05, 0) is 54.3 Å². The van der Waals surface area contributed by atoms with E-state index < -0.39 is 0 Å². The largest absolute Gasteiger partial charge is 0.338 e. The van der Waals surface area contributed by atoms with Crippen LogP contribution in [0.3, 0.4) is 0 Å². The molecule has 6 heteroatoms. The number of thiophene rings is 1. The molecule has 102 valence electrons. The maximum Gasteiger partial charge on any atom is 0.254 e. The Balaban J connectivity index is 0.00000162. The molecule has 1 aliphatic rings. The molecule has 3 nitrogen and oxygen atoms in total. The lowest BCUT2D eigenvalue weighted by atomic mass is 9.97. The summed E-state index contributed by atoms with van der Waals surface area (Å²) in [5.74, 6) is 0.771. The number of nitrogens with one attached hydrogen (secondary N) is 1. The third-order valence-electron chi connectivity index (χ3n) is 3.11. The number of nitrogens with zero attached hydrogens (tertiary/aromatic N) is 1. The van der Waals surface area contributed by atoms with E-state index in [9.17, 15) is 4.79 Å². The van der Waals surface area contributed by atoms with Crippen molar-refractivity contribution in [2.24, 2.45) is 5.92 Å². The summed E-state index contributed by atoms with van der Waals surface area (Å²) in [6, 6.07) is 1.91. The number of carbonyl (C=O) groups excluding carboxylic acids is 1. The van der Waals surface area contributed by atoms with Crippen LogP contribution in [0.2, 0.25) is 0 Å². The van der Waals surface area contributed by atoms with E-state index in [0.29, 0.717) is 5.92 Å². The zero-order valence-corrected chi connectivity index (χ0v) is 13.5. The normalized spacial score (nSPS) is 19.4. The van der Waals surface area contributed by atoms with Crippen LogP contribution in [0.1, 0.15) is 23.2 Å². The predicted molar refractivity (Wildman–Crippen MR) is 81.8 cm³/mol. The molecule has 1 saturated heterocycles. The first-order valence-electron chi connectivity index (χ1n) is 5.88. The first-order chi connectivity index (χ1) is 8.20. The van der Waals surface area contributed by atoms with Crippen LogP contribution in [0.5, 0.6) is 0 Å². The summed E-state index contributed by atoms with van der Waals surface area (Å²) in [6.07, 6.45) is 2.33. The number of halogens is 2. The smallest absolute Gasteiger partial charge is 0.254 e. The van der Waals surface area contributed by atoms with Crippen LogP contribution in [0.4, 0.5) is 0 Å². The maximum atomic E-state index is 12.3. The number of piperidine rings is 1. The summed E-state index contributed by atoms with van der Waals surface area (Å²) in [5.41, 5.74) is 0.812. The summed E-state index contributed by atoms with van der Waals surface area (Å²) < 4.78 is 1.02. The number of hydrogen-bond donors (Lipinski definition) is 1. The van der Waals surface area contributed by atoms with Crippen molar-refractivity contribution in [3.05, 3.63) is 20.8 Å². The summed E-state index contributed by atoms with van der Waals surface area (Å²) in [7, 11) is 1.97. The van der Waals surface area contributed by atoms with Crippen LogP contribution in [0, 0.1) is 5.92 Å². The van der Waals surface area contributed by atoms with Crippen LogP contribution in [0.15, 0.2) is 15.2 Å². The van der Waals surface area contributed by atoms with Crippen LogP contribution in [0.25, 0.3) is 0 Å². The molecule has 1 fully saturated rings. The van der Waals surface area contributed by atoms with Gasteiger partial charge < -0.3 is 10.2 Å². The molecule has 2 heterocycles. The minimum Gasteiger partial charge on any atom is -0.338 e. The molecule has 1 atom stereocenters. The molecule has 1 aromatic rings. The number of hydrogen-bond acceptors (Lipinski definition) is 3. The zero-order chi connectivity index (χ0) is 12.3. The van der Waals surface area contributed by atoms with E-state index in [-0.39, 0.29) is 18.3 Å². The SMILES string of the molecule is CNCC1CCCN(C(=O)c2csc(Br)c2)C1.Cl. The van der Waals surface area contributed by atoms with Gasteiger partial charge >= 0.3 is 0 Å². The van der Waals surface area contributed by atoms with Crippen molar-refractivity contribution in [1.29, 1.82) is 0 Å². The van der Waals surface area contributed by atoms with Crippen LogP contribution in [-0.4, -0.2) is 37.5 Å². The monoisotopic (exact) mass is 352 g/mol. The van der Waals surface area contributed by atoms with E-state index in [1.807, 2.05) is 23.4 Å². The highest BCUT2D eigenvalue weighted by atomic mass is 79.9. The van der Waals surface area contributed by atoms with Gasteiger partial charge in [-0.25, -0.2) is 0 Å². The van der Waals surface area contributed by atoms with E-state index in [1.54, 1.807) is 11.3 Å². The van der Waals surface area contributed by atoms with Crippen LogP contribution < -0.4 is 5.32 Å². The molecule has 2 rings (SSSR count). The van der Waals surface area contributed by atoms with E-state index in [1.165, 1.54) is 6.42 Å². The van der Waals surface area contributed by atoms with Crippen LogP contribution >= 0.6 is 39.7 Å². The van der Waals surface area contributed by atoms with Gasteiger partial charge in [0.05, 0.1) is 9.35 Å². The van der Waals surface area contributed by atoms with E-state index in [2.05, 4.69) is 21.2 Å². The lowest BCUT2D eigenvalue weighted by Gasteiger charge is -2.32. The number of amides is 1. The molecule has 1 unspecified atom stereocenters. The Morgan fingerprint density at radius 2 is 2.44 bits per heavy atom. The van der Waals surface area contributed by atoms with Gasteiger partial charge in [-0.15, -0.1) is 23.7 Å². The molecule has 0 aromatic carbocycles. The first-order valence-corrected chi connectivity index (χ1v) is 7.56. The summed E-state index contributed by atoms with van der Waals surface area (Å²) >= 11 is 4.96. The van der Waals surface area contributed by atoms with Gasteiger partial charge in [-0.3, -0.25) is 4.79 Å². The fourth-order valence-corrected chi connectivity index (χ4v) is 3.44. The van der Waals surface area contributed by atoms with E-state index >= 15 is 0 Å². The average molecular weight is 354 g/mol. The Labute approximate surface area is 126 Å². The molecule has 0 spiro atoms. The molecule has 0 saturated carbocycles. The fraction of sp³-hybridized carbons (Fsp3) is 0.583. The third-order valence-corrected chi connectivity index (χ3v) is 4.62. The quantitative estimate of drug-likeness (QED) is 0.906.